The molecule has 110 valence electrons. The van der Waals surface area contributed by atoms with Gasteiger partial charge in [0.2, 0.25) is 5.52 Å². The van der Waals surface area contributed by atoms with Crippen molar-refractivity contribution in [1.82, 2.24) is 15.6 Å². The molecule has 2 aliphatic heterocycles. The summed E-state index contributed by atoms with van der Waals surface area (Å²) >= 11 is 0. The van der Waals surface area contributed by atoms with Gasteiger partial charge in [-0.3, -0.25) is 10.1 Å². The molecule has 1 aromatic carbocycles. The first kappa shape index (κ1) is 12.5. The number of hydrogen-bond donors (Lipinski definition) is 2. The Morgan fingerprint density at radius 2 is 1.95 bits per heavy atom. The fourth-order valence-electron chi connectivity index (χ4n) is 3.51. The predicted octanol–water partition coefficient (Wildman–Crippen LogP) is 1.83. The second-order valence-electron chi connectivity index (χ2n) is 5.80. The summed E-state index contributed by atoms with van der Waals surface area (Å²) in [5.74, 6) is 0. The number of piperidine rings is 1. The molecule has 2 saturated heterocycles. The van der Waals surface area contributed by atoms with Crippen molar-refractivity contribution in [3.05, 3.63) is 22.2 Å². The third-order valence-corrected chi connectivity index (χ3v) is 4.42. The normalized spacial score (nSPS) is 27.9. The van der Waals surface area contributed by atoms with Crippen LogP contribution in [0.25, 0.3) is 11.0 Å². The number of fused-ring (bicyclic) bond motifs is 3. The first-order valence-corrected chi connectivity index (χ1v) is 7.13. The van der Waals surface area contributed by atoms with Crippen LogP contribution in [0.5, 0.6) is 0 Å². The monoisotopic (exact) mass is 289 g/mol. The van der Waals surface area contributed by atoms with Gasteiger partial charge in [-0.2, -0.15) is 0 Å². The first-order valence-electron chi connectivity index (χ1n) is 7.13. The minimum absolute atomic E-state index is 0.0813. The summed E-state index contributed by atoms with van der Waals surface area (Å²) in [5, 5.41) is 25.5. The van der Waals surface area contributed by atoms with Gasteiger partial charge in [0, 0.05) is 24.2 Å². The van der Waals surface area contributed by atoms with Crippen molar-refractivity contribution in [2.45, 2.75) is 43.8 Å². The van der Waals surface area contributed by atoms with Crippen LogP contribution in [-0.2, 0) is 0 Å². The van der Waals surface area contributed by atoms with Crippen LogP contribution >= 0.6 is 0 Å². The number of rotatable bonds is 3. The molecule has 8 heteroatoms. The number of nitrogens with zero attached hydrogens (tertiary/aromatic N) is 3. The quantitative estimate of drug-likeness (QED) is 0.655. The number of aromatic nitrogens is 2. The highest BCUT2D eigenvalue weighted by Gasteiger charge is 2.33. The van der Waals surface area contributed by atoms with Crippen LogP contribution < -0.4 is 10.6 Å². The number of nitro groups is 1. The zero-order valence-corrected chi connectivity index (χ0v) is 11.3. The van der Waals surface area contributed by atoms with E-state index in [-0.39, 0.29) is 11.2 Å². The molecular formula is C13H15N5O3. The van der Waals surface area contributed by atoms with Crippen molar-refractivity contribution < 1.29 is 9.55 Å². The second kappa shape index (κ2) is 4.66. The van der Waals surface area contributed by atoms with Crippen molar-refractivity contribution >= 4 is 22.4 Å². The van der Waals surface area contributed by atoms with E-state index < -0.39 is 4.92 Å². The maximum Gasteiger partial charge on any atom is 0.300 e. The maximum atomic E-state index is 11.0. The highest BCUT2D eigenvalue weighted by molar-refractivity contribution is 5.93. The van der Waals surface area contributed by atoms with Gasteiger partial charge in [0.15, 0.2) is 5.52 Å². The Labute approximate surface area is 120 Å². The Bertz CT molecular complexity index is 688. The summed E-state index contributed by atoms with van der Waals surface area (Å²) in [6.45, 7) is 0. The van der Waals surface area contributed by atoms with Crippen molar-refractivity contribution in [3.63, 3.8) is 0 Å². The molecule has 2 aromatic rings. The van der Waals surface area contributed by atoms with Crippen molar-refractivity contribution in [2.75, 3.05) is 5.32 Å². The molecule has 0 saturated carbocycles. The van der Waals surface area contributed by atoms with Gasteiger partial charge in [0.25, 0.3) is 0 Å². The maximum absolute atomic E-state index is 11.0. The molecular weight excluding hydrogens is 274 g/mol. The Kier molecular flexibility index (Phi) is 2.78. The number of nitrogens with one attached hydrogen (secondary N) is 2. The molecule has 0 spiro atoms. The number of anilines is 1. The molecule has 8 nitrogen and oxygen atoms in total. The Morgan fingerprint density at radius 3 is 2.67 bits per heavy atom. The van der Waals surface area contributed by atoms with Gasteiger partial charge in [-0.05, 0) is 42.1 Å². The van der Waals surface area contributed by atoms with Gasteiger partial charge in [0.05, 0.1) is 10.6 Å². The van der Waals surface area contributed by atoms with Crippen molar-refractivity contribution in [1.29, 1.82) is 0 Å². The van der Waals surface area contributed by atoms with Crippen molar-refractivity contribution in [3.8, 4) is 0 Å². The van der Waals surface area contributed by atoms with E-state index in [9.17, 15) is 10.1 Å². The first-order chi connectivity index (χ1) is 10.2. The topological polar surface area (TPSA) is 106 Å². The zero-order valence-electron chi connectivity index (χ0n) is 11.3. The molecule has 0 radical (unpaired) electrons. The molecule has 2 atom stereocenters. The minimum atomic E-state index is -0.471. The van der Waals surface area contributed by atoms with E-state index in [1.54, 1.807) is 6.07 Å². The number of non-ortho nitro benzene ring substituents is 1. The van der Waals surface area contributed by atoms with Crippen LogP contribution in [0.15, 0.2) is 16.8 Å². The number of nitro benzene ring substituents is 1. The molecule has 3 heterocycles. The average Bonchev–Trinajstić information content (AvgIpc) is 3.06. The lowest BCUT2D eigenvalue weighted by molar-refractivity contribution is -0.383. The highest BCUT2D eigenvalue weighted by atomic mass is 16.6. The van der Waals surface area contributed by atoms with E-state index in [0.29, 0.717) is 23.6 Å². The number of hydrogen-bond acceptors (Lipinski definition) is 7. The summed E-state index contributed by atoms with van der Waals surface area (Å²) in [7, 11) is 0. The molecule has 2 aliphatic rings. The predicted molar refractivity (Wildman–Crippen MR) is 75.0 cm³/mol. The fraction of sp³-hybridized carbons (Fsp3) is 0.538. The Morgan fingerprint density at radius 1 is 1.24 bits per heavy atom. The van der Waals surface area contributed by atoms with Gasteiger partial charge in [-0.25, -0.2) is 4.63 Å². The van der Waals surface area contributed by atoms with Crippen LogP contribution in [0.3, 0.4) is 0 Å². The van der Waals surface area contributed by atoms with Gasteiger partial charge in [0.1, 0.15) is 0 Å². The smallest absolute Gasteiger partial charge is 0.300 e. The largest absolute Gasteiger partial charge is 0.380 e. The molecule has 4 rings (SSSR count). The fourth-order valence-corrected chi connectivity index (χ4v) is 3.51. The SMILES string of the molecule is O=[N+]([O-])c1ccc(NC2CC3CCC(C2)N3)c2nonc12. The summed E-state index contributed by atoms with van der Waals surface area (Å²) in [6.07, 6.45) is 4.56. The summed E-state index contributed by atoms with van der Waals surface area (Å²) in [4.78, 5) is 10.5. The van der Waals surface area contributed by atoms with Crippen LogP contribution in [0, 0.1) is 10.1 Å². The lowest BCUT2D eigenvalue weighted by atomic mass is 9.99. The lowest BCUT2D eigenvalue weighted by Crippen LogP contribution is -2.43. The van der Waals surface area contributed by atoms with Gasteiger partial charge in [-0.15, -0.1) is 0 Å². The van der Waals surface area contributed by atoms with E-state index in [2.05, 4.69) is 25.6 Å². The Balaban J connectivity index is 1.63. The molecule has 0 amide bonds. The second-order valence-corrected chi connectivity index (χ2v) is 5.80. The zero-order chi connectivity index (χ0) is 14.4. The Hall–Kier alpha value is -2.22. The van der Waals surface area contributed by atoms with E-state index in [4.69, 9.17) is 0 Å². The van der Waals surface area contributed by atoms with Crippen LogP contribution in [0.4, 0.5) is 11.4 Å². The standard InChI is InChI=1S/C13H15N5O3/c19-18(20)11-4-3-10(12-13(11)17-21-16-12)15-9-5-7-1-2-8(6-9)14-7/h3-4,7-9,14-15H,1-2,5-6H2. The minimum Gasteiger partial charge on any atom is -0.380 e. The van der Waals surface area contributed by atoms with Crippen LogP contribution in [0.1, 0.15) is 25.7 Å². The third-order valence-electron chi connectivity index (χ3n) is 4.42. The van der Waals surface area contributed by atoms with E-state index in [1.165, 1.54) is 18.9 Å². The highest BCUT2D eigenvalue weighted by Crippen LogP contribution is 2.32. The third kappa shape index (κ3) is 2.11. The van der Waals surface area contributed by atoms with Crippen molar-refractivity contribution in [2.24, 2.45) is 0 Å². The van der Waals surface area contributed by atoms with E-state index >= 15 is 0 Å². The molecule has 2 fully saturated rings. The molecule has 2 unspecified atom stereocenters. The van der Waals surface area contributed by atoms with Crippen LogP contribution in [0.2, 0.25) is 0 Å². The lowest BCUT2D eigenvalue weighted by Gasteiger charge is -2.30. The van der Waals surface area contributed by atoms with Gasteiger partial charge >= 0.3 is 5.69 Å². The van der Waals surface area contributed by atoms with Crippen LogP contribution in [-0.4, -0.2) is 33.4 Å². The van der Waals surface area contributed by atoms with E-state index in [0.717, 1.165) is 18.5 Å². The summed E-state index contributed by atoms with van der Waals surface area (Å²) in [5.41, 5.74) is 1.29. The summed E-state index contributed by atoms with van der Waals surface area (Å²) in [6, 6.07) is 4.64. The molecule has 1 aromatic heterocycles. The molecule has 21 heavy (non-hydrogen) atoms. The molecule has 2 bridgehead atoms. The van der Waals surface area contributed by atoms with E-state index in [1.807, 2.05) is 0 Å². The van der Waals surface area contributed by atoms with Gasteiger partial charge in [-0.1, -0.05) is 0 Å². The molecule has 0 aliphatic carbocycles. The van der Waals surface area contributed by atoms with Gasteiger partial charge < -0.3 is 10.6 Å². The molecule has 2 N–H and O–H groups in total. The number of benzene rings is 1. The average molecular weight is 289 g/mol. The summed E-state index contributed by atoms with van der Waals surface area (Å²) < 4.78 is 4.68.